The van der Waals surface area contributed by atoms with E-state index in [2.05, 4.69) is 65.0 Å². The van der Waals surface area contributed by atoms with Crippen molar-refractivity contribution in [3.8, 4) is 0 Å². The second kappa shape index (κ2) is 11.9. The van der Waals surface area contributed by atoms with Crippen LogP contribution in [0.1, 0.15) is 78.8 Å². The number of nitrogens with one attached hydrogen (secondary N) is 1. The summed E-state index contributed by atoms with van der Waals surface area (Å²) in [7, 11) is 0. The Labute approximate surface area is 236 Å². The zero-order chi connectivity index (χ0) is 28.3. The smallest absolute Gasteiger partial charge is 0.407 e. The van der Waals surface area contributed by atoms with Gasteiger partial charge in [0.2, 0.25) is 0 Å². The standard InChI is InChI=1S/C32H40N4O4/c1-21-15-26(33-31(38)40-32(2,3)4)17-30(21)39-20-27-18-36(35-34-27)19-29(37)28-16-24-10-9-22-5-7-23(8-6-22)11-13-25(28)14-12-24/h5-8,12,14,16,18,21,26,30H,9-11,13,15,17,19-20H2,1-4H3,(H,33,38). The van der Waals surface area contributed by atoms with Gasteiger partial charge in [0.1, 0.15) is 17.8 Å². The molecule has 8 rings (SSSR count). The van der Waals surface area contributed by atoms with Gasteiger partial charge in [0.05, 0.1) is 18.9 Å². The maximum absolute atomic E-state index is 13.4. The quantitative estimate of drug-likeness (QED) is 0.408. The van der Waals surface area contributed by atoms with Gasteiger partial charge in [0.15, 0.2) is 5.78 Å². The number of carbonyl (C=O) groups excluding carboxylic acids is 2. The molecular formula is C32H40N4O4. The van der Waals surface area contributed by atoms with Crippen LogP contribution in [0.5, 0.6) is 0 Å². The molecule has 1 aromatic heterocycles. The largest absolute Gasteiger partial charge is 0.444 e. The summed E-state index contributed by atoms with van der Waals surface area (Å²) in [6.07, 6.45) is 6.52. The van der Waals surface area contributed by atoms with Crippen LogP contribution in [0.4, 0.5) is 4.79 Å². The number of ether oxygens (including phenoxy) is 2. The third-order valence-corrected chi connectivity index (χ3v) is 7.75. The van der Waals surface area contributed by atoms with Gasteiger partial charge in [0.25, 0.3) is 0 Å². The molecule has 3 unspecified atom stereocenters. The fraction of sp³-hybridized carbons (Fsp3) is 0.500. The summed E-state index contributed by atoms with van der Waals surface area (Å²) in [6, 6.07) is 15.2. The van der Waals surface area contributed by atoms with Crippen LogP contribution in [-0.4, -0.2) is 44.6 Å². The molecule has 212 valence electrons. The van der Waals surface area contributed by atoms with Crippen molar-refractivity contribution in [3.05, 3.63) is 82.2 Å². The molecule has 0 aliphatic heterocycles. The first-order valence-electron chi connectivity index (χ1n) is 14.3. The van der Waals surface area contributed by atoms with Gasteiger partial charge in [-0.2, -0.15) is 0 Å². The summed E-state index contributed by atoms with van der Waals surface area (Å²) in [6.45, 7) is 8.13. The second-order valence-electron chi connectivity index (χ2n) is 12.3. The number of alkyl carbamates (subject to hydrolysis) is 1. The van der Waals surface area contributed by atoms with Gasteiger partial charge in [-0.25, -0.2) is 9.48 Å². The van der Waals surface area contributed by atoms with Crippen LogP contribution in [0.2, 0.25) is 0 Å². The van der Waals surface area contributed by atoms with Crippen LogP contribution in [0.25, 0.3) is 0 Å². The normalized spacial score (nSPS) is 20.6. The van der Waals surface area contributed by atoms with Crippen LogP contribution in [0.15, 0.2) is 48.7 Å². The van der Waals surface area contributed by atoms with E-state index in [9.17, 15) is 9.59 Å². The minimum absolute atomic E-state index is 0.000142. The Kier molecular flexibility index (Phi) is 8.35. The van der Waals surface area contributed by atoms with E-state index >= 15 is 0 Å². The van der Waals surface area contributed by atoms with Crippen molar-refractivity contribution < 1.29 is 19.1 Å². The van der Waals surface area contributed by atoms with Gasteiger partial charge in [-0.3, -0.25) is 4.79 Å². The Bertz CT molecular complexity index is 1340. The maximum atomic E-state index is 13.4. The lowest BCUT2D eigenvalue weighted by atomic mass is 9.92. The van der Waals surface area contributed by atoms with Crippen LogP contribution < -0.4 is 5.32 Å². The van der Waals surface area contributed by atoms with Gasteiger partial charge in [-0.1, -0.05) is 48.5 Å². The monoisotopic (exact) mass is 544 g/mol. The number of benzene rings is 2. The van der Waals surface area contributed by atoms with E-state index in [0.717, 1.165) is 49.7 Å². The lowest BCUT2D eigenvalue weighted by Crippen LogP contribution is -2.38. The van der Waals surface area contributed by atoms with Crippen LogP contribution in [0, 0.1) is 5.92 Å². The highest BCUT2D eigenvalue weighted by Gasteiger charge is 2.34. The molecule has 1 N–H and O–H groups in total. The molecule has 0 saturated heterocycles. The molecule has 8 heteroatoms. The van der Waals surface area contributed by atoms with Crippen molar-refractivity contribution in [1.82, 2.24) is 20.3 Å². The molecule has 40 heavy (non-hydrogen) atoms. The number of hydrogen-bond donors (Lipinski definition) is 1. The Morgan fingerprint density at radius 1 is 0.975 bits per heavy atom. The minimum Gasteiger partial charge on any atom is -0.444 e. The average molecular weight is 545 g/mol. The van der Waals surface area contributed by atoms with Crippen molar-refractivity contribution in [1.29, 1.82) is 0 Å². The third kappa shape index (κ3) is 7.36. The zero-order valence-electron chi connectivity index (χ0n) is 24.0. The van der Waals surface area contributed by atoms with Crippen molar-refractivity contribution in [2.75, 3.05) is 0 Å². The fourth-order valence-electron chi connectivity index (χ4n) is 5.64. The molecule has 2 aromatic carbocycles. The van der Waals surface area contributed by atoms with Gasteiger partial charge >= 0.3 is 6.09 Å². The lowest BCUT2D eigenvalue weighted by molar-refractivity contribution is 0.0176. The molecule has 4 bridgehead atoms. The van der Waals surface area contributed by atoms with Gasteiger partial charge in [-0.05, 0) is 93.5 Å². The topological polar surface area (TPSA) is 95.3 Å². The Hall–Kier alpha value is -3.52. The summed E-state index contributed by atoms with van der Waals surface area (Å²) < 4.78 is 13.1. The van der Waals surface area contributed by atoms with Crippen LogP contribution >= 0.6 is 0 Å². The first-order valence-corrected chi connectivity index (χ1v) is 14.3. The molecule has 8 nitrogen and oxygen atoms in total. The highest BCUT2D eigenvalue weighted by atomic mass is 16.6. The lowest BCUT2D eigenvalue weighted by Gasteiger charge is -2.21. The van der Waals surface area contributed by atoms with Crippen LogP contribution in [0.3, 0.4) is 0 Å². The van der Waals surface area contributed by atoms with Gasteiger partial charge < -0.3 is 14.8 Å². The summed E-state index contributed by atoms with van der Waals surface area (Å²) >= 11 is 0. The SMILES string of the molecule is CC1CC(NC(=O)OC(C)(C)C)CC1OCc1cn(CC(=O)c2cc3ccc2CCc2ccc(cc2)CC3)nn1. The number of aromatic nitrogens is 3. The van der Waals surface area contributed by atoms with Crippen LogP contribution in [-0.2, 0) is 48.3 Å². The molecule has 5 aliphatic carbocycles. The molecule has 1 saturated carbocycles. The number of hydrogen-bond acceptors (Lipinski definition) is 6. The van der Waals surface area contributed by atoms with E-state index in [-0.39, 0.29) is 24.5 Å². The summed E-state index contributed by atoms with van der Waals surface area (Å²) in [5, 5.41) is 11.4. The summed E-state index contributed by atoms with van der Waals surface area (Å²) in [5.41, 5.74) is 5.80. The van der Waals surface area contributed by atoms with E-state index < -0.39 is 11.7 Å². The van der Waals surface area contributed by atoms with E-state index in [0.29, 0.717) is 18.2 Å². The van der Waals surface area contributed by atoms with Gasteiger partial charge in [0, 0.05) is 11.6 Å². The summed E-state index contributed by atoms with van der Waals surface area (Å²) in [4.78, 5) is 25.6. The highest BCUT2D eigenvalue weighted by molar-refractivity contribution is 5.97. The first kappa shape index (κ1) is 28.0. The van der Waals surface area contributed by atoms with E-state index in [1.165, 1.54) is 16.7 Å². The predicted molar refractivity (Wildman–Crippen MR) is 152 cm³/mol. The molecule has 1 heterocycles. The second-order valence-corrected chi connectivity index (χ2v) is 12.3. The van der Waals surface area contributed by atoms with Crippen molar-refractivity contribution in [2.24, 2.45) is 5.92 Å². The molecule has 1 fully saturated rings. The Morgan fingerprint density at radius 2 is 1.65 bits per heavy atom. The predicted octanol–water partition coefficient (Wildman–Crippen LogP) is 5.25. The molecule has 1 amide bonds. The molecule has 0 radical (unpaired) electrons. The Morgan fingerprint density at radius 3 is 2.38 bits per heavy atom. The number of aryl methyl sites for hydroxylation is 4. The molecule has 0 spiro atoms. The average Bonchev–Trinajstić information content (AvgIpc) is 3.48. The van der Waals surface area contributed by atoms with Crippen molar-refractivity contribution in [3.63, 3.8) is 0 Å². The maximum Gasteiger partial charge on any atom is 0.407 e. The van der Waals surface area contributed by atoms with E-state index in [4.69, 9.17) is 9.47 Å². The number of Topliss-reactive ketones (excluding diaryl/α,β-unsaturated/α-hetero) is 1. The van der Waals surface area contributed by atoms with Gasteiger partial charge in [-0.15, -0.1) is 5.10 Å². The van der Waals surface area contributed by atoms with E-state index in [1.807, 2.05) is 20.8 Å². The fourth-order valence-corrected chi connectivity index (χ4v) is 5.64. The number of carbonyl (C=O) groups is 2. The number of ketones is 1. The number of amides is 1. The number of rotatable bonds is 7. The summed E-state index contributed by atoms with van der Waals surface area (Å²) in [5.74, 6) is 0.334. The van der Waals surface area contributed by atoms with Crippen molar-refractivity contribution >= 4 is 11.9 Å². The molecule has 5 aliphatic rings. The molecule has 3 atom stereocenters. The highest BCUT2D eigenvalue weighted by Crippen LogP contribution is 2.29. The zero-order valence-corrected chi connectivity index (χ0v) is 24.0. The molecular weight excluding hydrogens is 504 g/mol. The van der Waals surface area contributed by atoms with Crippen molar-refractivity contribution in [2.45, 2.75) is 97.1 Å². The molecule has 3 aromatic rings. The minimum atomic E-state index is -0.526. The Balaban J connectivity index is 1.16. The first-order chi connectivity index (χ1) is 19.1. The third-order valence-electron chi connectivity index (χ3n) is 7.75. The van der Waals surface area contributed by atoms with E-state index in [1.54, 1.807) is 10.9 Å². The number of nitrogens with zero attached hydrogens (tertiary/aromatic N) is 3.